The Hall–Kier alpha value is -2.13. The van der Waals surface area contributed by atoms with Crippen molar-refractivity contribution in [1.82, 2.24) is 14.8 Å². The predicted octanol–water partition coefficient (Wildman–Crippen LogP) is 4.15. The number of aromatic nitrogens is 3. The molecule has 1 aromatic heterocycles. The molecule has 0 radical (unpaired) electrons. The second-order valence-electron chi connectivity index (χ2n) is 4.52. The number of aryl methyl sites for hydroxylation is 1. The molecule has 4 heteroatoms. The third-order valence-corrected chi connectivity index (χ3v) is 3.48. The summed E-state index contributed by atoms with van der Waals surface area (Å²) in [6.07, 6.45) is 0.980. The van der Waals surface area contributed by atoms with E-state index in [0.29, 0.717) is 5.28 Å². The first kappa shape index (κ1) is 12.9. The Bertz CT molecular complexity index is 720. The van der Waals surface area contributed by atoms with E-state index in [1.807, 2.05) is 47.0 Å². The summed E-state index contributed by atoms with van der Waals surface area (Å²) in [6.45, 7) is 2.13. The Labute approximate surface area is 122 Å². The van der Waals surface area contributed by atoms with Crippen LogP contribution >= 0.6 is 11.6 Å². The van der Waals surface area contributed by atoms with Crippen LogP contribution in [0.3, 0.4) is 0 Å². The van der Waals surface area contributed by atoms with Crippen molar-refractivity contribution >= 4 is 11.6 Å². The monoisotopic (exact) mass is 283 g/mol. The normalized spacial score (nSPS) is 10.7. The Kier molecular flexibility index (Phi) is 3.52. The van der Waals surface area contributed by atoms with Crippen LogP contribution in [0, 0.1) is 0 Å². The largest absolute Gasteiger partial charge is 0.266 e. The Morgan fingerprint density at radius 3 is 2.55 bits per heavy atom. The van der Waals surface area contributed by atoms with Gasteiger partial charge in [-0.15, -0.1) is 10.2 Å². The lowest BCUT2D eigenvalue weighted by molar-refractivity contribution is 1.04. The Morgan fingerprint density at radius 2 is 1.80 bits per heavy atom. The van der Waals surface area contributed by atoms with Gasteiger partial charge in [0.05, 0.1) is 5.69 Å². The zero-order valence-corrected chi connectivity index (χ0v) is 11.9. The summed E-state index contributed by atoms with van der Waals surface area (Å²) in [5.41, 5.74) is 3.23. The summed E-state index contributed by atoms with van der Waals surface area (Å²) in [4.78, 5) is 0. The molecule has 3 nitrogen and oxygen atoms in total. The van der Waals surface area contributed by atoms with Crippen molar-refractivity contribution < 1.29 is 0 Å². The van der Waals surface area contributed by atoms with Gasteiger partial charge in [0.2, 0.25) is 5.28 Å². The molecule has 0 amide bonds. The zero-order valence-electron chi connectivity index (χ0n) is 11.1. The molecule has 0 saturated carbocycles. The minimum Gasteiger partial charge on any atom is -0.266 e. The van der Waals surface area contributed by atoms with Crippen LogP contribution in [0.2, 0.25) is 5.28 Å². The number of halogens is 1. The molecule has 20 heavy (non-hydrogen) atoms. The van der Waals surface area contributed by atoms with Crippen LogP contribution in [0.15, 0.2) is 54.6 Å². The van der Waals surface area contributed by atoms with Crippen LogP contribution in [-0.2, 0) is 6.42 Å². The highest BCUT2D eigenvalue weighted by atomic mass is 35.5. The smallest absolute Gasteiger partial charge is 0.229 e. The van der Waals surface area contributed by atoms with Crippen LogP contribution in [0.25, 0.3) is 17.1 Å². The molecule has 0 aliphatic heterocycles. The van der Waals surface area contributed by atoms with Crippen LogP contribution in [-0.4, -0.2) is 14.8 Å². The molecule has 3 aromatic rings. The predicted molar refractivity (Wildman–Crippen MR) is 81.2 cm³/mol. The lowest BCUT2D eigenvalue weighted by Crippen LogP contribution is -1.98. The van der Waals surface area contributed by atoms with Crippen molar-refractivity contribution in [2.75, 3.05) is 0 Å². The van der Waals surface area contributed by atoms with E-state index in [-0.39, 0.29) is 0 Å². The van der Waals surface area contributed by atoms with E-state index < -0.39 is 0 Å². The van der Waals surface area contributed by atoms with Gasteiger partial charge in [-0.3, -0.25) is 4.57 Å². The van der Waals surface area contributed by atoms with Crippen LogP contribution < -0.4 is 0 Å². The van der Waals surface area contributed by atoms with Crippen molar-refractivity contribution in [3.8, 4) is 17.1 Å². The molecule has 1 heterocycles. The molecule has 100 valence electrons. The van der Waals surface area contributed by atoms with E-state index in [4.69, 9.17) is 11.6 Å². The summed E-state index contributed by atoms with van der Waals surface area (Å²) in [5.74, 6) is 0.754. The van der Waals surface area contributed by atoms with Gasteiger partial charge < -0.3 is 0 Å². The first-order valence-electron chi connectivity index (χ1n) is 6.55. The SMILES string of the molecule is CCc1cccc(-n2c(Cl)nnc2-c2ccccc2)c1. The molecule has 0 fully saturated rings. The second kappa shape index (κ2) is 5.47. The third-order valence-electron chi connectivity index (χ3n) is 3.23. The number of hydrogen-bond donors (Lipinski definition) is 0. The molecular formula is C16H14ClN3. The molecular weight excluding hydrogens is 270 g/mol. The lowest BCUT2D eigenvalue weighted by atomic mass is 10.1. The highest BCUT2D eigenvalue weighted by molar-refractivity contribution is 6.28. The van der Waals surface area contributed by atoms with Gasteiger partial charge in [0, 0.05) is 5.56 Å². The maximum Gasteiger partial charge on any atom is 0.229 e. The molecule has 0 spiro atoms. The minimum absolute atomic E-state index is 0.372. The minimum atomic E-state index is 0.372. The Balaban J connectivity index is 2.16. The third kappa shape index (κ3) is 2.32. The summed E-state index contributed by atoms with van der Waals surface area (Å²) >= 11 is 6.21. The van der Waals surface area contributed by atoms with Crippen LogP contribution in [0.5, 0.6) is 0 Å². The topological polar surface area (TPSA) is 30.7 Å². The quantitative estimate of drug-likeness (QED) is 0.723. The van der Waals surface area contributed by atoms with Crippen molar-refractivity contribution in [1.29, 1.82) is 0 Å². The standard InChI is InChI=1S/C16H14ClN3/c1-2-12-7-6-10-14(11-12)20-15(18-19-16(20)17)13-8-4-3-5-9-13/h3-11H,2H2,1H3. The molecule has 0 aliphatic rings. The fourth-order valence-electron chi connectivity index (χ4n) is 2.18. The maximum atomic E-state index is 6.21. The Morgan fingerprint density at radius 1 is 1.00 bits per heavy atom. The molecule has 0 unspecified atom stereocenters. The van der Waals surface area contributed by atoms with Crippen LogP contribution in [0.4, 0.5) is 0 Å². The molecule has 0 bridgehead atoms. The summed E-state index contributed by atoms with van der Waals surface area (Å²) < 4.78 is 1.87. The van der Waals surface area contributed by atoms with Crippen molar-refractivity contribution in [3.63, 3.8) is 0 Å². The average molecular weight is 284 g/mol. The van der Waals surface area contributed by atoms with Gasteiger partial charge in [0.1, 0.15) is 0 Å². The summed E-state index contributed by atoms with van der Waals surface area (Å²) in [6, 6.07) is 18.2. The summed E-state index contributed by atoms with van der Waals surface area (Å²) in [7, 11) is 0. The fourth-order valence-corrected chi connectivity index (χ4v) is 2.40. The van der Waals surface area contributed by atoms with Gasteiger partial charge in [-0.1, -0.05) is 49.4 Å². The molecule has 0 saturated heterocycles. The molecule has 0 aliphatic carbocycles. The summed E-state index contributed by atoms with van der Waals surface area (Å²) in [5, 5.41) is 8.57. The average Bonchev–Trinajstić information content (AvgIpc) is 2.90. The van der Waals surface area contributed by atoms with E-state index in [2.05, 4.69) is 29.3 Å². The number of hydrogen-bond acceptors (Lipinski definition) is 2. The van der Waals surface area contributed by atoms with E-state index in [1.165, 1.54) is 5.56 Å². The fraction of sp³-hybridized carbons (Fsp3) is 0.125. The first-order chi connectivity index (χ1) is 9.79. The molecule has 0 atom stereocenters. The molecule has 2 aromatic carbocycles. The van der Waals surface area contributed by atoms with Gasteiger partial charge in [-0.25, -0.2) is 0 Å². The van der Waals surface area contributed by atoms with Crippen molar-refractivity contribution in [2.24, 2.45) is 0 Å². The van der Waals surface area contributed by atoms with Crippen molar-refractivity contribution in [2.45, 2.75) is 13.3 Å². The van der Waals surface area contributed by atoms with E-state index >= 15 is 0 Å². The maximum absolute atomic E-state index is 6.21. The van der Waals surface area contributed by atoms with Gasteiger partial charge in [-0.05, 0) is 35.7 Å². The second-order valence-corrected chi connectivity index (χ2v) is 4.86. The molecule has 3 rings (SSSR count). The molecule has 0 N–H and O–H groups in total. The van der Waals surface area contributed by atoms with Gasteiger partial charge in [0.25, 0.3) is 0 Å². The number of benzene rings is 2. The van der Waals surface area contributed by atoms with Gasteiger partial charge in [-0.2, -0.15) is 0 Å². The lowest BCUT2D eigenvalue weighted by Gasteiger charge is -2.09. The van der Waals surface area contributed by atoms with Crippen LogP contribution in [0.1, 0.15) is 12.5 Å². The van der Waals surface area contributed by atoms with E-state index in [9.17, 15) is 0 Å². The zero-order chi connectivity index (χ0) is 13.9. The first-order valence-corrected chi connectivity index (χ1v) is 6.93. The number of nitrogens with zero attached hydrogens (tertiary/aromatic N) is 3. The van der Waals surface area contributed by atoms with E-state index in [0.717, 1.165) is 23.5 Å². The van der Waals surface area contributed by atoms with Gasteiger partial charge >= 0.3 is 0 Å². The van der Waals surface area contributed by atoms with E-state index in [1.54, 1.807) is 0 Å². The van der Waals surface area contributed by atoms with Gasteiger partial charge in [0.15, 0.2) is 5.82 Å². The van der Waals surface area contributed by atoms with Crippen molar-refractivity contribution in [3.05, 3.63) is 65.4 Å². The highest BCUT2D eigenvalue weighted by Gasteiger charge is 2.13. The number of rotatable bonds is 3. The highest BCUT2D eigenvalue weighted by Crippen LogP contribution is 2.25.